The molecule has 0 fully saturated rings. The van der Waals surface area contributed by atoms with Gasteiger partial charge in [-0.05, 0) is 42.1 Å². The van der Waals surface area contributed by atoms with Crippen LogP contribution in [0.25, 0.3) is 10.8 Å². The van der Waals surface area contributed by atoms with Crippen molar-refractivity contribution in [1.82, 2.24) is 0 Å². The van der Waals surface area contributed by atoms with Gasteiger partial charge in [0.05, 0.1) is 4.90 Å². The highest BCUT2D eigenvalue weighted by molar-refractivity contribution is 7.89. The molecule has 4 N–H and O–H groups in total. The fraction of sp³-hybridized carbons (Fsp3) is 0.0588. The minimum absolute atomic E-state index is 0.0490. The van der Waals surface area contributed by atoms with Crippen molar-refractivity contribution >= 4 is 32.2 Å². The molecule has 128 valence electrons. The van der Waals surface area contributed by atoms with Crippen LogP contribution in [0.2, 0.25) is 0 Å². The van der Waals surface area contributed by atoms with E-state index in [0.29, 0.717) is 5.39 Å². The molecule has 0 radical (unpaired) electrons. The summed E-state index contributed by atoms with van der Waals surface area (Å²) in [6.45, 7) is 1.87. The number of phenolic OH excluding ortho intramolecular Hbond substituents is 2. The molecular formula is C17H15N3O4S. The first kappa shape index (κ1) is 16.9. The average molecular weight is 357 g/mol. The maximum Gasteiger partial charge on any atom is 0.238 e. The molecule has 0 saturated carbocycles. The number of azo groups is 1. The number of fused-ring (bicyclic) bond motifs is 1. The predicted molar refractivity (Wildman–Crippen MR) is 94.0 cm³/mol. The summed E-state index contributed by atoms with van der Waals surface area (Å²) in [6, 6.07) is 12.4. The zero-order chi connectivity index (χ0) is 18.2. The Kier molecular flexibility index (Phi) is 4.15. The molecule has 25 heavy (non-hydrogen) atoms. The van der Waals surface area contributed by atoms with Crippen molar-refractivity contribution in [2.45, 2.75) is 11.8 Å². The maximum atomic E-state index is 11.4. The summed E-state index contributed by atoms with van der Waals surface area (Å²) in [5.74, 6) is -0.305. The van der Waals surface area contributed by atoms with Crippen LogP contribution >= 0.6 is 0 Å². The Bertz CT molecular complexity index is 1110. The quantitative estimate of drug-likeness (QED) is 0.619. The Balaban J connectivity index is 2.09. The van der Waals surface area contributed by atoms with Crippen molar-refractivity contribution < 1.29 is 18.6 Å². The number of nitrogens with two attached hydrogens (primary N) is 1. The molecule has 7 nitrogen and oxygen atoms in total. The van der Waals surface area contributed by atoms with Crippen LogP contribution in [-0.4, -0.2) is 18.6 Å². The van der Waals surface area contributed by atoms with E-state index in [9.17, 15) is 18.6 Å². The van der Waals surface area contributed by atoms with Gasteiger partial charge in [-0.2, -0.15) is 0 Å². The first-order valence-corrected chi connectivity index (χ1v) is 8.81. The van der Waals surface area contributed by atoms with Crippen LogP contribution in [0.15, 0.2) is 63.7 Å². The van der Waals surface area contributed by atoms with E-state index < -0.39 is 10.0 Å². The summed E-state index contributed by atoms with van der Waals surface area (Å²) < 4.78 is 22.8. The Morgan fingerprint density at radius 1 is 0.920 bits per heavy atom. The van der Waals surface area contributed by atoms with E-state index >= 15 is 0 Å². The number of phenols is 2. The van der Waals surface area contributed by atoms with Gasteiger partial charge in [0, 0.05) is 5.39 Å². The van der Waals surface area contributed by atoms with Gasteiger partial charge in [0.25, 0.3) is 0 Å². The van der Waals surface area contributed by atoms with Gasteiger partial charge in [-0.15, -0.1) is 10.2 Å². The molecule has 0 spiro atoms. The van der Waals surface area contributed by atoms with Gasteiger partial charge in [-0.25, -0.2) is 13.6 Å². The summed E-state index contributed by atoms with van der Waals surface area (Å²) in [4.78, 5) is -0.196. The van der Waals surface area contributed by atoms with Crippen LogP contribution in [0.5, 0.6) is 11.5 Å². The van der Waals surface area contributed by atoms with E-state index in [0.717, 1.165) is 17.0 Å². The normalized spacial score (nSPS) is 12.1. The SMILES string of the molecule is Cc1cc(/N=N/c2cc(S(N)(=O)=O)ccc2O)c(O)c2ccccc12. The van der Waals surface area contributed by atoms with Gasteiger partial charge in [-0.1, -0.05) is 24.3 Å². The van der Waals surface area contributed by atoms with Crippen LogP contribution in [0.3, 0.4) is 0 Å². The van der Waals surface area contributed by atoms with Gasteiger partial charge < -0.3 is 10.2 Å². The predicted octanol–water partition coefficient (Wildman–Crippen LogP) is 3.62. The van der Waals surface area contributed by atoms with E-state index in [1.807, 2.05) is 19.1 Å². The molecule has 0 aliphatic carbocycles. The highest BCUT2D eigenvalue weighted by Crippen LogP contribution is 2.38. The molecule has 0 amide bonds. The first-order valence-electron chi connectivity index (χ1n) is 7.26. The lowest BCUT2D eigenvalue weighted by molar-refractivity contribution is 0.475. The number of aryl methyl sites for hydroxylation is 1. The highest BCUT2D eigenvalue weighted by Gasteiger charge is 2.12. The maximum absolute atomic E-state index is 11.4. The molecule has 0 atom stereocenters. The summed E-state index contributed by atoms with van der Waals surface area (Å²) in [7, 11) is -3.93. The molecule has 0 aliphatic heterocycles. The number of sulfonamides is 1. The van der Waals surface area contributed by atoms with Gasteiger partial charge in [0.2, 0.25) is 10.0 Å². The Labute approximate surface area is 144 Å². The Morgan fingerprint density at radius 3 is 2.24 bits per heavy atom. The second kappa shape index (κ2) is 6.15. The second-order valence-corrected chi connectivity index (χ2v) is 7.06. The summed E-state index contributed by atoms with van der Waals surface area (Å²) >= 11 is 0. The molecule has 0 aliphatic rings. The van der Waals surface area contributed by atoms with Crippen molar-refractivity contribution in [3.05, 3.63) is 54.1 Å². The first-order chi connectivity index (χ1) is 11.8. The van der Waals surface area contributed by atoms with Crippen LogP contribution in [0.1, 0.15) is 5.56 Å². The molecule has 3 aromatic carbocycles. The van der Waals surface area contributed by atoms with E-state index in [1.165, 1.54) is 12.1 Å². The average Bonchev–Trinajstić information content (AvgIpc) is 2.57. The Morgan fingerprint density at radius 2 is 1.56 bits per heavy atom. The van der Waals surface area contributed by atoms with Gasteiger partial charge in [0.15, 0.2) is 5.75 Å². The molecule has 0 heterocycles. The minimum atomic E-state index is -3.93. The Hall–Kier alpha value is -2.97. The third kappa shape index (κ3) is 3.30. The summed E-state index contributed by atoms with van der Waals surface area (Å²) in [6.07, 6.45) is 0. The van der Waals surface area contributed by atoms with Crippen LogP contribution in [0, 0.1) is 6.92 Å². The van der Waals surface area contributed by atoms with Crippen molar-refractivity contribution in [2.75, 3.05) is 0 Å². The van der Waals surface area contributed by atoms with Gasteiger partial charge >= 0.3 is 0 Å². The van der Waals surface area contributed by atoms with Crippen molar-refractivity contribution in [1.29, 1.82) is 0 Å². The highest BCUT2D eigenvalue weighted by atomic mass is 32.2. The topological polar surface area (TPSA) is 125 Å². The van der Waals surface area contributed by atoms with Gasteiger partial charge in [0.1, 0.15) is 17.1 Å². The standard InChI is InChI=1S/C17H15N3O4S/c1-10-8-15(17(22)13-5-3-2-4-12(10)13)20-19-14-9-11(25(18,23)24)6-7-16(14)21/h2-9,21-22H,1H3,(H2,18,23,24)/b20-19+. The number of hydrogen-bond donors (Lipinski definition) is 3. The molecule has 3 aromatic rings. The molecule has 0 unspecified atom stereocenters. The zero-order valence-electron chi connectivity index (χ0n) is 13.2. The lowest BCUT2D eigenvalue weighted by Crippen LogP contribution is -2.11. The zero-order valence-corrected chi connectivity index (χ0v) is 14.0. The number of hydrogen-bond acceptors (Lipinski definition) is 6. The molecule has 0 aromatic heterocycles. The van der Waals surface area contributed by atoms with Crippen molar-refractivity contribution in [2.24, 2.45) is 15.4 Å². The minimum Gasteiger partial charge on any atom is -0.506 e. The fourth-order valence-corrected chi connectivity index (χ4v) is 3.00. The molecule has 3 rings (SSSR count). The third-order valence-corrected chi connectivity index (χ3v) is 4.65. The van der Waals surface area contributed by atoms with E-state index in [2.05, 4.69) is 10.2 Å². The van der Waals surface area contributed by atoms with Crippen LogP contribution < -0.4 is 5.14 Å². The van der Waals surface area contributed by atoms with Crippen LogP contribution in [-0.2, 0) is 10.0 Å². The molecule has 8 heteroatoms. The van der Waals surface area contributed by atoms with Crippen molar-refractivity contribution in [3.8, 4) is 11.5 Å². The third-order valence-electron chi connectivity index (χ3n) is 3.74. The molecular weight excluding hydrogens is 342 g/mol. The van der Waals surface area contributed by atoms with E-state index in [-0.39, 0.29) is 27.8 Å². The summed E-state index contributed by atoms with van der Waals surface area (Å²) in [5, 5.41) is 34.6. The number of aromatic hydroxyl groups is 2. The second-order valence-electron chi connectivity index (χ2n) is 5.50. The van der Waals surface area contributed by atoms with E-state index in [1.54, 1.807) is 18.2 Å². The summed E-state index contributed by atoms with van der Waals surface area (Å²) in [5.41, 5.74) is 1.03. The number of rotatable bonds is 3. The lowest BCUT2D eigenvalue weighted by Gasteiger charge is -2.07. The monoisotopic (exact) mass is 357 g/mol. The van der Waals surface area contributed by atoms with E-state index in [4.69, 9.17) is 5.14 Å². The number of benzene rings is 3. The fourth-order valence-electron chi connectivity index (χ4n) is 2.47. The smallest absolute Gasteiger partial charge is 0.238 e. The van der Waals surface area contributed by atoms with Gasteiger partial charge in [-0.3, -0.25) is 0 Å². The van der Waals surface area contributed by atoms with Crippen LogP contribution in [0.4, 0.5) is 11.4 Å². The largest absolute Gasteiger partial charge is 0.506 e. The molecule has 0 saturated heterocycles. The number of nitrogens with zero attached hydrogens (tertiary/aromatic N) is 2. The number of primary sulfonamides is 1. The molecule has 0 bridgehead atoms. The lowest BCUT2D eigenvalue weighted by atomic mass is 10.0. The van der Waals surface area contributed by atoms with Crippen molar-refractivity contribution in [3.63, 3.8) is 0 Å².